The third-order valence-electron chi connectivity index (χ3n) is 2.66. The van der Waals surface area contributed by atoms with E-state index in [1.54, 1.807) is 14.0 Å². The predicted molar refractivity (Wildman–Crippen MR) is 70.8 cm³/mol. The molecule has 5 heteroatoms. The van der Waals surface area contributed by atoms with Gasteiger partial charge in [-0.1, -0.05) is 12.1 Å². The van der Waals surface area contributed by atoms with E-state index in [4.69, 9.17) is 9.47 Å². The summed E-state index contributed by atoms with van der Waals surface area (Å²) in [7, 11) is 1.60. The molecular weight excluding hydrogens is 249 g/mol. The molecule has 0 heterocycles. The van der Waals surface area contributed by atoms with E-state index in [0.717, 1.165) is 11.3 Å². The van der Waals surface area contributed by atoms with Crippen molar-refractivity contribution >= 4 is 5.97 Å². The van der Waals surface area contributed by atoms with Gasteiger partial charge in [0.1, 0.15) is 12.4 Å². The molecule has 0 aliphatic rings. The van der Waals surface area contributed by atoms with Crippen molar-refractivity contribution in [1.82, 2.24) is 5.32 Å². The molecule has 0 aliphatic carbocycles. The van der Waals surface area contributed by atoms with E-state index < -0.39 is 12.7 Å². The van der Waals surface area contributed by atoms with Crippen LogP contribution in [0.15, 0.2) is 24.3 Å². The third kappa shape index (κ3) is 5.70. The van der Waals surface area contributed by atoms with Gasteiger partial charge in [-0.05, 0) is 24.6 Å². The van der Waals surface area contributed by atoms with Gasteiger partial charge in [0.15, 0.2) is 0 Å². The first-order valence-corrected chi connectivity index (χ1v) is 6.27. The van der Waals surface area contributed by atoms with Crippen molar-refractivity contribution < 1.29 is 18.7 Å². The normalized spacial score (nSPS) is 11.9. The molecule has 0 saturated carbocycles. The highest BCUT2D eigenvalue weighted by atomic mass is 19.1. The van der Waals surface area contributed by atoms with Crippen molar-refractivity contribution in [2.45, 2.75) is 25.9 Å². The summed E-state index contributed by atoms with van der Waals surface area (Å²) in [5.41, 5.74) is 1.00. The SMILES string of the molecule is CCOC(=O)CC(CF)NCc1ccc(OC)cc1. The monoisotopic (exact) mass is 269 g/mol. The highest BCUT2D eigenvalue weighted by Crippen LogP contribution is 2.11. The summed E-state index contributed by atoms with van der Waals surface area (Å²) in [5.74, 6) is 0.393. The van der Waals surface area contributed by atoms with Gasteiger partial charge in [0.25, 0.3) is 0 Å². The Morgan fingerprint density at radius 1 is 1.37 bits per heavy atom. The summed E-state index contributed by atoms with van der Waals surface area (Å²) in [6.45, 7) is 1.94. The van der Waals surface area contributed by atoms with Gasteiger partial charge in [0.2, 0.25) is 0 Å². The number of halogens is 1. The number of carbonyl (C=O) groups excluding carboxylic acids is 1. The maximum atomic E-state index is 12.8. The number of esters is 1. The van der Waals surface area contributed by atoms with Gasteiger partial charge in [-0.15, -0.1) is 0 Å². The molecule has 1 aromatic carbocycles. The molecule has 0 radical (unpaired) electrons. The first kappa shape index (κ1) is 15.4. The van der Waals surface area contributed by atoms with Crippen LogP contribution in [0.3, 0.4) is 0 Å². The number of carbonyl (C=O) groups is 1. The predicted octanol–water partition coefficient (Wildman–Crippen LogP) is 2.08. The molecule has 1 unspecified atom stereocenters. The summed E-state index contributed by atoms with van der Waals surface area (Å²) in [4.78, 5) is 11.3. The molecule has 4 nitrogen and oxygen atoms in total. The molecule has 0 saturated heterocycles. The fraction of sp³-hybridized carbons (Fsp3) is 0.500. The first-order chi connectivity index (χ1) is 9.19. The average Bonchev–Trinajstić information content (AvgIpc) is 2.44. The van der Waals surface area contributed by atoms with Gasteiger partial charge in [0, 0.05) is 12.6 Å². The molecule has 106 valence electrons. The third-order valence-corrected chi connectivity index (χ3v) is 2.66. The van der Waals surface area contributed by atoms with Crippen molar-refractivity contribution in [1.29, 1.82) is 0 Å². The number of hydrogen-bond donors (Lipinski definition) is 1. The Labute approximate surface area is 112 Å². The second-order valence-corrected chi connectivity index (χ2v) is 4.09. The average molecular weight is 269 g/mol. The van der Waals surface area contributed by atoms with Crippen molar-refractivity contribution in [2.24, 2.45) is 0 Å². The zero-order chi connectivity index (χ0) is 14.1. The summed E-state index contributed by atoms with van der Waals surface area (Å²) in [6, 6.07) is 6.96. The molecule has 0 aromatic heterocycles. The lowest BCUT2D eigenvalue weighted by Crippen LogP contribution is -2.33. The standard InChI is InChI=1S/C14H20FNO3/c1-3-19-14(17)8-12(9-15)16-10-11-4-6-13(18-2)7-5-11/h4-7,12,16H,3,8-10H2,1-2H3. The van der Waals surface area contributed by atoms with Crippen molar-refractivity contribution in [3.05, 3.63) is 29.8 Å². The highest BCUT2D eigenvalue weighted by Gasteiger charge is 2.13. The highest BCUT2D eigenvalue weighted by molar-refractivity contribution is 5.70. The second kappa shape index (κ2) is 8.48. The Bertz CT molecular complexity index is 381. The zero-order valence-corrected chi connectivity index (χ0v) is 11.3. The Morgan fingerprint density at radius 3 is 2.58 bits per heavy atom. The minimum atomic E-state index is -0.602. The van der Waals surface area contributed by atoms with Crippen LogP contribution >= 0.6 is 0 Å². The molecule has 0 aliphatic heterocycles. The maximum Gasteiger partial charge on any atom is 0.307 e. The van der Waals surface area contributed by atoms with Crippen LogP contribution in [-0.4, -0.2) is 32.4 Å². The number of nitrogens with one attached hydrogen (secondary N) is 1. The maximum absolute atomic E-state index is 12.8. The smallest absolute Gasteiger partial charge is 0.307 e. The second-order valence-electron chi connectivity index (χ2n) is 4.09. The fourth-order valence-corrected chi connectivity index (χ4v) is 1.61. The van der Waals surface area contributed by atoms with E-state index in [9.17, 15) is 9.18 Å². The van der Waals surface area contributed by atoms with Gasteiger partial charge < -0.3 is 14.8 Å². The number of benzene rings is 1. The topological polar surface area (TPSA) is 47.6 Å². The van der Waals surface area contributed by atoms with Crippen molar-refractivity contribution in [3.8, 4) is 5.75 Å². The van der Waals surface area contributed by atoms with Crippen LogP contribution in [0.5, 0.6) is 5.75 Å². The number of alkyl halides is 1. The van der Waals surface area contributed by atoms with Gasteiger partial charge in [-0.25, -0.2) is 4.39 Å². The van der Waals surface area contributed by atoms with E-state index in [1.807, 2.05) is 24.3 Å². The van der Waals surface area contributed by atoms with E-state index in [-0.39, 0.29) is 12.4 Å². The fourth-order valence-electron chi connectivity index (χ4n) is 1.61. The summed E-state index contributed by atoms with van der Waals surface area (Å²) in [5, 5.41) is 3.00. The number of hydrogen-bond acceptors (Lipinski definition) is 4. The molecule has 1 rings (SSSR count). The van der Waals surface area contributed by atoms with Gasteiger partial charge in [0.05, 0.1) is 20.1 Å². The minimum absolute atomic E-state index is 0.0422. The van der Waals surface area contributed by atoms with Crippen LogP contribution < -0.4 is 10.1 Å². The molecule has 1 N–H and O–H groups in total. The molecule has 0 bridgehead atoms. The van der Waals surface area contributed by atoms with Crippen molar-refractivity contribution in [2.75, 3.05) is 20.4 Å². The molecule has 0 spiro atoms. The van der Waals surface area contributed by atoms with Crippen molar-refractivity contribution in [3.63, 3.8) is 0 Å². The Hall–Kier alpha value is -1.62. The van der Waals surface area contributed by atoms with E-state index >= 15 is 0 Å². The summed E-state index contributed by atoms with van der Waals surface area (Å²) in [6.07, 6.45) is 0.0422. The van der Waals surface area contributed by atoms with Crippen LogP contribution in [0.4, 0.5) is 4.39 Å². The lowest BCUT2D eigenvalue weighted by atomic mass is 10.2. The van der Waals surface area contributed by atoms with Gasteiger partial charge >= 0.3 is 5.97 Å². The molecular formula is C14H20FNO3. The van der Waals surface area contributed by atoms with Gasteiger partial charge in [-0.2, -0.15) is 0 Å². The molecule has 0 fully saturated rings. The van der Waals surface area contributed by atoms with Crippen LogP contribution in [0.2, 0.25) is 0 Å². The summed E-state index contributed by atoms with van der Waals surface area (Å²) < 4.78 is 22.6. The molecule has 0 amide bonds. The van der Waals surface area contributed by atoms with E-state index in [1.165, 1.54) is 0 Å². The van der Waals surface area contributed by atoms with Gasteiger partial charge in [-0.3, -0.25) is 4.79 Å². The molecule has 1 aromatic rings. The quantitative estimate of drug-likeness (QED) is 0.734. The molecule has 1 atom stereocenters. The molecule has 19 heavy (non-hydrogen) atoms. The van der Waals surface area contributed by atoms with E-state index in [2.05, 4.69) is 5.32 Å². The number of ether oxygens (including phenoxy) is 2. The lowest BCUT2D eigenvalue weighted by Gasteiger charge is -2.14. The minimum Gasteiger partial charge on any atom is -0.497 e. The number of rotatable bonds is 8. The largest absolute Gasteiger partial charge is 0.497 e. The number of methoxy groups -OCH3 is 1. The van der Waals surface area contributed by atoms with Crippen LogP contribution in [0.25, 0.3) is 0 Å². The summed E-state index contributed by atoms with van der Waals surface area (Å²) >= 11 is 0. The van der Waals surface area contributed by atoms with Crippen LogP contribution in [0.1, 0.15) is 18.9 Å². The first-order valence-electron chi connectivity index (χ1n) is 6.27. The van der Waals surface area contributed by atoms with E-state index in [0.29, 0.717) is 13.2 Å². The Morgan fingerprint density at radius 2 is 2.05 bits per heavy atom. The van der Waals surface area contributed by atoms with Crippen LogP contribution in [0, 0.1) is 0 Å². The zero-order valence-electron chi connectivity index (χ0n) is 11.3. The Balaban J connectivity index is 2.41. The Kier molecular flexibility index (Phi) is 6.89. The lowest BCUT2D eigenvalue weighted by molar-refractivity contribution is -0.143. The van der Waals surface area contributed by atoms with Crippen LogP contribution in [-0.2, 0) is 16.1 Å².